The van der Waals surface area contributed by atoms with Crippen LogP contribution in [0.3, 0.4) is 0 Å². The number of phosphoric acid groups is 1. The number of nitrogens with zero attached hydrogens (tertiary/aromatic N) is 2. The number of nitrogens with one attached hydrogen (secondary N) is 1. The van der Waals surface area contributed by atoms with E-state index in [1.807, 2.05) is 5.32 Å². The van der Waals surface area contributed by atoms with Crippen LogP contribution < -0.4 is 16.8 Å². The molecule has 130 valence electrons. The van der Waals surface area contributed by atoms with Gasteiger partial charge < -0.3 is 31.1 Å². The van der Waals surface area contributed by atoms with Crippen molar-refractivity contribution < 1.29 is 38.3 Å². The maximum atomic E-state index is 11.8. The van der Waals surface area contributed by atoms with Crippen molar-refractivity contribution in [3.63, 3.8) is 0 Å². The molecule has 3 amide bonds. The first kappa shape index (κ1) is 17.6. The molecule has 4 atom stereocenters. The first-order valence-electron chi connectivity index (χ1n) is 6.34. The van der Waals surface area contributed by atoms with Crippen LogP contribution in [0.15, 0.2) is 4.99 Å². The summed E-state index contributed by atoms with van der Waals surface area (Å²) in [7, 11) is -4.74. The zero-order chi connectivity index (χ0) is 17.4. The highest BCUT2D eigenvalue weighted by Gasteiger charge is 2.48. The first-order valence-corrected chi connectivity index (χ1v) is 7.87. The fourth-order valence-corrected chi connectivity index (χ4v) is 2.57. The summed E-state index contributed by atoms with van der Waals surface area (Å²) in [6.45, 7) is -0.599. The fraction of sp³-hybridized carbons (Fsp3) is 0.667. The van der Waals surface area contributed by atoms with Gasteiger partial charge in [-0.05, 0) is 0 Å². The Morgan fingerprint density at radius 2 is 2.13 bits per heavy atom. The number of ether oxygens (including phenoxy) is 1. The van der Waals surface area contributed by atoms with Gasteiger partial charge in [0.2, 0.25) is 6.17 Å². The van der Waals surface area contributed by atoms with Crippen LogP contribution in [0.5, 0.6) is 0 Å². The Balaban J connectivity index is 2.09. The van der Waals surface area contributed by atoms with Gasteiger partial charge >= 0.3 is 13.9 Å². The lowest BCUT2D eigenvalue weighted by atomic mass is 10.2. The summed E-state index contributed by atoms with van der Waals surface area (Å²) in [5, 5.41) is 11.8. The average molecular weight is 353 g/mol. The van der Waals surface area contributed by atoms with E-state index < -0.39 is 56.9 Å². The average Bonchev–Trinajstić information content (AvgIpc) is 2.87. The molecule has 0 bridgehead atoms. The molecule has 0 unspecified atom stereocenters. The molecule has 14 heteroatoms. The highest BCUT2D eigenvalue weighted by Crippen LogP contribution is 2.37. The number of hydrogen-bond acceptors (Lipinski definition) is 7. The second-order valence-electron chi connectivity index (χ2n) is 4.85. The summed E-state index contributed by atoms with van der Waals surface area (Å²) in [4.78, 5) is 45.3. The molecule has 13 nitrogen and oxygen atoms in total. The summed E-state index contributed by atoms with van der Waals surface area (Å²) in [6, 6.07) is -0.821. The van der Waals surface area contributed by atoms with Crippen molar-refractivity contribution in [3.8, 4) is 0 Å². The molecule has 0 aliphatic carbocycles. The molecule has 2 saturated heterocycles. The molecule has 8 N–H and O–H groups in total. The quantitative estimate of drug-likeness (QED) is 0.126. The standard InChI is InChI=1S/C9H16N5O8P/c10-8(11)12-6-7(16)13-9(17)14(6)5-1-3(15)4(22-5)2-21-23(18,19)20/h3-6,15H,1-2H2,(H4,10,11,12)(H,13,16,17)(H2,18,19,20)/t3-,4+,5+,6-/m0/s1. The predicted octanol–water partition coefficient (Wildman–Crippen LogP) is -3.28. The van der Waals surface area contributed by atoms with Gasteiger partial charge in [-0.15, -0.1) is 0 Å². The van der Waals surface area contributed by atoms with Crippen LogP contribution >= 0.6 is 7.82 Å². The molecule has 2 aliphatic rings. The minimum Gasteiger partial charge on any atom is -0.390 e. The molecule has 2 fully saturated rings. The van der Waals surface area contributed by atoms with Crippen molar-refractivity contribution in [3.05, 3.63) is 0 Å². The Hall–Kier alpha value is -1.76. The monoisotopic (exact) mass is 353 g/mol. The summed E-state index contributed by atoms with van der Waals surface area (Å²) >= 11 is 0. The number of nitrogens with two attached hydrogens (primary N) is 2. The molecule has 2 aliphatic heterocycles. The Bertz CT molecular complexity index is 574. The van der Waals surface area contributed by atoms with Gasteiger partial charge in [0.25, 0.3) is 5.91 Å². The van der Waals surface area contributed by atoms with Gasteiger partial charge in [-0.3, -0.25) is 19.5 Å². The van der Waals surface area contributed by atoms with Crippen LogP contribution in [0.25, 0.3) is 0 Å². The van der Waals surface area contributed by atoms with E-state index in [4.69, 9.17) is 26.0 Å². The molecule has 0 radical (unpaired) electrons. The minimum absolute atomic E-state index is 0.119. The molecule has 2 rings (SSSR count). The molecule has 0 aromatic carbocycles. The van der Waals surface area contributed by atoms with E-state index in [2.05, 4.69) is 9.52 Å². The number of aliphatic imine (C=N–C) groups is 1. The number of urea groups is 1. The zero-order valence-electron chi connectivity index (χ0n) is 11.6. The molecule has 0 aromatic heterocycles. The van der Waals surface area contributed by atoms with E-state index in [0.717, 1.165) is 4.90 Å². The predicted molar refractivity (Wildman–Crippen MR) is 72.3 cm³/mol. The number of imide groups is 1. The number of amides is 3. The maximum Gasteiger partial charge on any atom is 0.469 e. The van der Waals surface area contributed by atoms with Crippen molar-refractivity contribution in [2.45, 2.75) is 31.0 Å². The van der Waals surface area contributed by atoms with E-state index in [1.54, 1.807) is 0 Å². The second-order valence-corrected chi connectivity index (χ2v) is 6.09. The third kappa shape index (κ3) is 4.16. The van der Waals surface area contributed by atoms with Gasteiger partial charge in [-0.25, -0.2) is 14.4 Å². The number of aliphatic hydroxyl groups excluding tert-OH is 1. The Morgan fingerprint density at radius 3 is 2.70 bits per heavy atom. The van der Waals surface area contributed by atoms with Crippen molar-refractivity contribution in [2.24, 2.45) is 16.5 Å². The topological polar surface area (TPSA) is 210 Å². The first-order chi connectivity index (χ1) is 10.6. The van der Waals surface area contributed by atoms with Crippen LogP contribution in [0.4, 0.5) is 4.79 Å². The number of aliphatic hydroxyl groups is 1. The van der Waals surface area contributed by atoms with Gasteiger partial charge in [0.05, 0.1) is 12.7 Å². The Morgan fingerprint density at radius 1 is 1.48 bits per heavy atom. The molecule has 2 heterocycles. The Kier molecular flexibility index (Phi) is 4.89. The summed E-state index contributed by atoms with van der Waals surface area (Å²) in [6.07, 6.45) is -4.82. The lowest BCUT2D eigenvalue weighted by Crippen LogP contribution is -2.44. The third-order valence-electron chi connectivity index (χ3n) is 3.16. The lowest BCUT2D eigenvalue weighted by Gasteiger charge is -2.25. The van der Waals surface area contributed by atoms with E-state index in [1.165, 1.54) is 0 Å². The SMILES string of the molecule is NC(N)=N[C@@H]1C(=O)NC(=O)N1[C@H]1C[C@H](O)[C@@H](COP(=O)(O)O)O1. The summed E-state index contributed by atoms with van der Waals surface area (Å²) < 4.78 is 20.3. The van der Waals surface area contributed by atoms with E-state index in [-0.39, 0.29) is 6.42 Å². The highest BCUT2D eigenvalue weighted by atomic mass is 31.2. The van der Waals surface area contributed by atoms with Gasteiger partial charge in [-0.1, -0.05) is 0 Å². The number of carbonyl (C=O) groups excluding carboxylic acids is 2. The number of phosphoric ester groups is 1. The van der Waals surface area contributed by atoms with Crippen molar-refractivity contribution in [1.29, 1.82) is 0 Å². The number of guanidine groups is 1. The van der Waals surface area contributed by atoms with E-state index in [9.17, 15) is 19.3 Å². The second kappa shape index (κ2) is 6.39. The number of hydrogen-bond donors (Lipinski definition) is 6. The summed E-state index contributed by atoms with van der Waals surface area (Å²) in [5.74, 6) is -1.19. The van der Waals surface area contributed by atoms with Crippen LogP contribution in [-0.2, 0) is 18.6 Å². The van der Waals surface area contributed by atoms with Gasteiger partial charge in [0, 0.05) is 6.42 Å². The van der Waals surface area contributed by atoms with Crippen LogP contribution in [0, 0.1) is 0 Å². The van der Waals surface area contributed by atoms with Gasteiger partial charge in [0.1, 0.15) is 12.3 Å². The maximum absolute atomic E-state index is 11.8. The fourth-order valence-electron chi connectivity index (χ4n) is 2.23. The smallest absolute Gasteiger partial charge is 0.390 e. The summed E-state index contributed by atoms with van der Waals surface area (Å²) in [5.41, 5.74) is 10.4. The van der Waals surface area contributed by atoms with Crippen molar-refractivity contribution >= 4 is 25.7 Å². The van der Waals surface area contributed by atoms with Crippen LogP contribution in [0.2, 0.25) is 0 Å². The van der Waals surface area contributed by atoms with Gasteiger partial charge in [-0.2, -0.15) is 0 Å². The molecule has 0 saturated carbocycles. The number of carbonyl (C=O) groups is 2. The minimum atomic E-state index is -4.74. The van der Waals surface area contributed by atoms with Gasteiger partial charge in [0.15, 0.2) is 5.96 Å². The lowest BCUT2D eigenvalue weighted by molar-refractivity contribution is -0.124. The molecule has 23 heavy (non-hydrogen) atoms. The molecule has 0 spiro atoms. The molecular formula is C9H16N5O8P. The molecular weight excluding hydrogens is 337 g/mol. The number of rotatable bonds is 5. The normalized spacial score (nSPS) is 31.3. The van der Waals surface area contributed by atoms with Crippen LogP contribution in [0.1, 0.15) is 6.42 Å². The Labute approximate surface area is 129 Å². The van der Waals surface area contributed by atoms with E-state index >= 15 is 0 Å². The van der Waals surface area contributed by atoms with E-state index in [0.29, 0.717) is 0 Å². The molecule has 0 aromatic rings. The van der Waals surface area contributed by atoms with Crippen LogP contribution in [-0.4, -0.2) is 68.9 Å². The largest absolute Gasteiger partial charge is 0.469 e. The zero-order valence-corrected chi connectivity index (χ0v) is 12.5. The highest BCUT2D eigenvalue weighted by molar-refractivity contribution is 7.46. The van der Waals surface area contributed by atoms with Crippen molar-refractivity contribution in [2.75, 3.05) is 6.61 Å². The van der Waals surface area contributed by atoms with Crippen molar-refractivity contribution in [1.82, 2.24) is 10.2 Å². The third-order valence-corrected chi connectivity index (χ3v) is 3.64.